The summed E-state index contributed by atoms with van der Waals surface area (Å²) < 4.78 is 5.68. The van der Waals surface area contributed by atoms with Crippen molar-refractivity contribution >= 4 is 11.6 Å². The summed E-state index contributed by atoms with van der Waals surface area (Å²) in [4.78, 5) is 0. The molecule has 0 fully saturated rings. The van der Waals surface area contributed by atoms with E-state index in [4.69, 9.17) is 16.3 Å². The van der Waals surface area contributed by atoms with Crippen LogP contribution in [-0.4, -0.2) is 13.2 Å². The molecular weight excluding hydrogens is 270 g/mol. The SMILES string of the molecule is Clc1ccc(CCNC2CCOc3ccccc32)cc1. The third kappa shape index (κ3) is 3.14. The number of halogens is 1. The molecule has 2 nitrogen and oxygen atoms in total. The summed E-state index contributed by atoms with van der Waals surface area (Å²) in [6, 6.07) is 16.7. The van der Waals surface area contributed by atoms with Crippen LogP contribution in [0.5, 0.6) is 5.75 Å². The van der Waals surface area contributed by atoms with Crippen LogP contribution in [0.25, 0.3) is 0 Å². The molecule has 1 aliphatic heterocycles. The maximum Gasteiger partial charge on any atom is 0.124 e. The van der Waals surface area contributed by atoms with Crippen LogP contribution in [0.15, 0.2) is 48.5 Å². The number of fused-ring (bicyclic) bond motifs is 1. The highest BCUT2D eigenvalue weighted by Gasteiger charge is 2.19. The van der Waals surface area contributed by atoms with Crippen molar-refractivity contribution in [2.45, 2.75) is 18.9 Å². The maximum atomic E-state index is 5.89. The molecule has 20 heavy (non-hydrogen) atoms. The first kappa shape index (κ1) is 13.5. The van der Waals surface area contributed by atoms with Crippen LogP contribution in [0.1, 0.15) is 23.6 Å². The standard InChI is InChI=1S/C17H18ClNO/c18-14-7-5-13(6-8-14)9-11-19-16-10-12-20-17-4-2-1-3-15(16)17/h1-8,16,19H,9-12H2. The lowest BCUT2D eigenvalue weighted by Gasteiger charge is -2.26. The molecule has 1 atom stereocenters. The van der Waals surface area contributed by atoms with Crippen molar-refractivity contribution in [1.82, 2.24) is 5.32 Å². The van der Waals surface area contributed by atoms with Gasteiger partial charge >= 0.3 is 0 Å². The monoisotopic (exact) mass is 287 g/mol. The second-order valence-corrected chi connectivity index (χ2v) is 5.49. The van der Waals surface area contributed by atoms with Crippen molar-refractivity contribution in [3.8, 4) is 5.75 Å². The molecule has 2 aromatic rings. The quantitative estimate of drug-likeness (QED) is 0.918. The van der Waals surface area contributed by atoms with E-state index >= 15 is 0 Å². The van der Waals surface area contributed by atoms with E-state index in [0.29, 0.717) is 6.04 Å². The minimum atomic E-state index is 0.396. The van der Waals surface area contributed by atoms with Gasteiger partial charge in [0.15, 0.2) is 0 Å². The van der Waals surface area contributed by atoms with Gasteiger partial charge in [0.25, 0.3) is 0 Å². The van der Waals surface area contributed by atoms with Crippen molar-refractivity contribution in [2.24, 2.45) is 0 Å². The lowest BCUT2D eigenvalue weighted by atomic mass is 10.0. The fraction of sp³-hybridized carbons (Fsp3) is 0.294. The highest BCUT2D eigenvalue weighted by Crippen LogP contribution is 2.31. The third-order valence-electron chi connectivity index (χ3n) is 3.68. The summed E-state index contributed by atoms with van der Waals surface area (Å²) in [5, 5.41) is 4.42. The topological polar surface area (TPSA) is 21.3 Å². The van der Waals surface area contributed by atoms with Crippen molar-refractivity contribution < 1.29 is 4.74 Å². The molecule has 0 bridgehead atoms. The van der Waals surface area contributed by atoms with E-state index in [0.717, 1.165) is 36.8 Å². The number of ether oxygens (including phenoxy) is 1. The average Bonchev–Trinajstić information content (AvgIpc) is 2.49. The summed E-state index contributed by atoms with van der Waals surface area (Å²) in [5.41, 5.74) is 2.58. The Bertz CT molecular complexity index is 567. The van der Waals surface area contributed by atoms with Gasteiger partial charge in [-0.2, -0.15) is 0 Å². The first-order valence-corrected chi connectivity index (χ1v) is 7.40. The molecule has 2 aromatic carbocycles. The van der Waals surface area contributed by atoms with E-state index in [1.807, 2.05) is 24.3 Å². The second-order valence-electron chi connectivity index (χ2n) is 5.06. The third-order valence-corrected chi connectivity index (χ3v) is 3.93. The smallest absolute Gasteiger partial charge is 0.124 e. The van der Waals surface area contributed by atoms with Gasteiger partial charge in [-0.05, 0) is 36.7 Å². The van der Waals surface area contributed by atoms with Gasteiger partial charge < -0.3 is 10.1 Å². The molecule has 0 aliphatic carbocycles. The van der Waals surface area contributed by atoms with Crippen molar-refractivity contribution in [1.29, 1.82) is 0 Å². The number of rotatable bonds is 4. The zero-order valence-corrected chi connectivity index (χ0v) is 12.1. The van der Waals surface area contributed by atoms with Crippen molar-refractivity contribution in [3.63, 3.8) is 0 Å². The zero-order valence-electron chi connectivity index (χ0n) is 11.3. The normalized spacial score (nSPS) is 17.4. The molecule has 0 aromatic heterocycles. The Hall–Kier alpha value is -1.51. The summed E-state index contributed by atoms with van der Waals surface area (Å²) in [5.74, 6) is 1.02. The van der Waals surface area contributed by atoms with E-state index in [1.54, 1.807) is 0 Å². The van der Waals surface area contributed by atoms with Gasteiger partial charge in [0.1, 0.15) is 5.75 Å². The predicted molar refractivity (Wildman–Crippen MR) is 82.5 cm³/mol. The molecule has 0 radical (unpaired) electrons. The molecule has 1 heterocycles. The van der Waals surface area contributed by atoms with Crippen LogP contribution in [-0.2, 0) is 6.42 Å². The fourth-order valence-electron chi connectivity index (χ4n) is 2.60. The Morgan fingerprint density at radius 3 is 2.75 bits per heavy atom. The molecule has 0 spiro atoms. The molecule has 3 heteroatoms. The molecule has 0 amide bonds. The van der Waals surface area contributed by atoms with E-state index in [2.05, 4.69) is 29.6 Å². The average molecular weight is 288 g/mol. The molecule has 0 saturated carbocycles. The van der Waals surface area contributed by atoms with E-state index in [9.17, 15) is 0 Å². The first-order chi connectivity index (χ1) is 9.83. The van der Waals surface area contributed by atoms with Gasteiger partial charge in [-0.25, -0.2) is 0 Å². The molecule has 1 unspecified atom stereocenters. The minimum Gasteiger partial charge on any atom is -0.493 e. The number of nitrogens with one attached hydrogen (secondary N) is 1. The van der Waals surface area contributed by atoms with Crippen LogP contribution in [0.3, 0.4) is 0 Å². The molecule has 3 rings (SSSR count). The predicted octanol–water partition coefficient (Wildman–Crippen LogP) is 4.00. The Labute approximate surface area is 124 Å². The van der Waals surface area contributed by atoms with Crippen LogP contribution < -0.4 is 10.1 Å². The number of para-hydroxylation sites is 1. The molecular formula is C17H18ClNO. The van der Waals surface area contributed by atoms with E-state index in [1.165, 1.54) is 11.1 Å². The van der Waals surface area contributed by atoms with Gasteiger partial charge in [-0.15, -0.1) is 0 Å². The Kier molecular flexibility index (Phi) is 4.24. The lowest BCUT2D eigenvalue weighted by Crippen LogP contribution is -2.28. The number of hydrogen-bond acceptors (Lipinski definition) is 2. The largest absolute Gasteiger partial charge is 0.493 e. The highest BCUT2D eigenvalue weighted by molar-refractivity contribution is 6.30. The van der Waals surface area contributed by atoms with Crippen LogP contribution in [0, 0.1) is 0 Å². The van der Waals surface area contributed by atoms with Crippen molar-refractivity contribution in [2.75, 3.05) is 13.2 Å². The lowest BCUT2D eigenvalue weighted by molar-refractivity contribution is 0.253. The van der Waals surface area contributed by atoms with Crippen LogP contribution in [0.2, 0.25) is 5.02 Å². The first-order valence-electron chi connectivity index (χ1n) is 7.02. The van der Waals surface area contributed by atoms with Crippen LogP contribution in [0.4, 0.5) is 0 Å². The van der Waals surface area contributed by atoms with Gasteiger partial charge in [0, 0.05) is 23.0 Å². The maximum absolute atomic E-state index is 5.89. The van der Waals surface area contributed by atoms with Gasteiger partial charge in [0.2, 0.25) is 0 Å². The number of benzene rings is 2. The fourth-order valence-corrected chi connectivity index (χ4v) is 2.72. The van der Waals surface area contributed by atoms with Gasteiger partial charge in [-0.1, -0.05) is 41.9 Å². The van der Waals surface area contributed by atoms with E-state index < -0.39 is 0 Å². The number of hydrogen-bond donors (Lipinski definition) is 1. The van der Waals surface area contributed by atoms with Crippen LogP contribution >= 0.6 is 11.6 Å². The molecule has 104 valence electrons. The molecule has 1 N–H and O–H groups in total. The summed E-state index contributed by atoms with van der Waals surface area (Å²) in [6.07, 6.45) is 2.04. The Morgan fingerprint density at radius 2 is 1.90 bits per heavy atom. The summed E-state index contributed by atoms with van der Waals surface area (Å²) >= 11 is 5.89. The van der Waals surface area contributed by atoms with E-state index in [-0.39, 0.29) is 0 Å². The summed E-state index contributed by atoms with van der Waals surface area (Å²) in [7, 11) is 0. The molecule has 1 aliphatic rings. The minimum absolute atomic E-state index is 0.396. The van der Waals surface area contributed by atoms with Gasteiger partial charge in [-0.3, -0.25) is 0 Å². The van der Waals surface area contributed by atoms with Crippen molar-refractivity contribution in [3.05, 3.63) is 64.7 Å². The Balaban J connectivity index is 1.58. The Morgan fingerprint density at radius 1 is 1.10 bits per heavy atom. The molecule has 0 saturated heterocycles. The summed E-state index contributed by atoms with van der Waals surface area (Å²) in [6.45, 7) is 1.75. The second kappa shape index (κ2) is 6.29. The van der Waals surface area contributed by atoms with Gasteiger partial charge in [0.05, 0.1) is 6.61 Å². The highest BCUT2D eigenvalue weighted by atomic mass is 35.5. The zero-order chi connectivity index (χ0) is 13.8.